The number of carbonyl (C=O) groups is 2. The lowest BCUT2D eigenvalue weighted by atomic mass is 10.1. The van der Waals surface area contributed by atoms with E-state index in [-0.39, 0.29) is 11.8 Å². The molecule has 0 aliphatic carbocycles. The van der Waals surface area contributed by atoms with E-state index < -0.39 is 0 Å². The van der Waals surface area contributed by atoms with E-state index >= 15 is 0 Å². The van der Waals surface area contributed by atoms with E-state index in [2.05, 4.69) is 24.1 Å². The summed E-state index contributed by atoms with van der Waals surface area (Å²) in [6.45, 7) is 9.56. The fourth-order valence-electron chi connectivity index (χ4n) is 3.68. The van der Waals surface area contributed by atoms with Crippen LogP contribution < -0.4 is 15.0 Å². The molecule has 0 atom stereocenters. The van der Waals surface area contributed by atoms with Crippen LogP contribution in [0.1, 0.15) is 44.0 Å². The zero-order valence-corrected chi connectivity index (χ0v) is 19.8. The summed E-state index contributed by atoms with van der Waals surface area (Å²) < 4.78 is 5.59. The van der Waals surface area contributed by atoms with Crippen LogP contribution in [0.4, 0.5) is 11.4 Å². The van der Waals surface area contributed by atoms with Crippen LogP contribution >= 0.6 is 11.6 Å². The minimum atomic E-state index is -0.207. The lowest BCUT2D eigenvalue weighted by Crippen LogP contribution is -2.49. The molecule has 6 nitrogen and oxygen atoms in total. The molecule has 0 aromatic heterocycles. The van der Waals surface area contributed by atoms with Crippen LogP contribution in [0, 0.1) is 5.92 Å². The minimum absolute atomic E-state index is 0.204. The van der Waals surface area contributed by atoms with Crippen molar-refractivity contribution in [1.29, 1.82) is 0 Å². The summed E-state index contributed by atoms with van der Waals surface area (Å²) in [5, 5.41) is 3.56. The van der Waals surface area contributed by atoms with Crippen molar-refractivity contribution in [2.24, 2.45) is 5.92 Å². The molecule has 32 heavy (non-hydrogen) atoms. The lowest BCUT2D eigenvalue weighted by molar-refractivity contribution is -0.132. The number of halogens is 1. The quantitative estimate of drug-likeness (QED) is 0.600. The fraction of sp³-hybridized carbons (Fsp3) is 0.440. The molecule has 2 aromatic carbocycles. The van der Waals surface area contributed by atoms with Crippen molar-refractivity contribution in [2.45, 2.75) is 33.6 Å². The second-order valence-electron chi connectivity index (χ2n) is 8.45. The zero-order chi connectivity index (χ0) is 23.1. The van der Waals surface area contributed by atoms with E-state index in [9.17, 15) is 9.59 Å². The second-order valence-corrected chi connectivity index (χ2v) is 8.89. The standard InChI is InChI=1S/C25H32ClN3O3/c1-4-15-32-21-8-5-19(6-9-21)25(31)27-22-17-20(26)7-10-23(22)28-11-13-29(14-12-28)24(30)16-18(2)3/h5-10,17-18H,4,11-16H2,1-3H3,(H,27,31). The Hall–Kier alpha value is -2.73. The maximum absolute atomic E-state index is 12.9. The van der Waals surface area contributed by atoms with Crippen molar-refractivity contribution in [2.75, 3.05) is 43.0 Å². The Morgan fingerprint density at radius 2 is 1.75 bits per heavy atom. The summed E-state index contributed by atoms with van der Waals surface area (Å²) in [6.07, 6.45) is 1.50. The first-order valence-electron chi connectivity index (χ1n) is 11.2. The van der Waals surface area contributed by atoms with Crippen LogP contribution in [-0.2, 0) is 4.79 Å². The molecule has 1 fully saturated rings. The highest BCUT2D eigenvalue weighted by Crippen LogP contribution is 2.31. The summed E-state index contributed by atoms with van der Waals surface area (Å²) in [5.41, 5.74) is 2.11. The van der Waals surface area contributed by atoms with Gasteiger partial charge in [0, 0.05) is 43.2 Å². The van der Waals surface area contributed by atoms with Crippen molar-refractivity contribution in [3.05, 3.63) is 53.1 Å². The van der Waals surface area contributed by atoms with Gasteiger partial charge >= 0.3 is 0 Å². The molecule has 172 valence electrons. The van der Waals surface area contributed by atoms with Gasteiger partial charge in [-0.2, -0.15) is 0 Å². The third-order valence-electron chi connectivity index (χ3n) is 5.35. The van der Waals surface area contributed by atoms with Crippen LogP contribution in [0.5, 0.6) is 5.75 Å². The highest BCUT2D eigenvalue weighted by atomic mass is 35.5. The maximum Gasteiger partial charge on any atom is 0.255 e. The van der Waals surface area contributed by atoms with Crippen molar-refractivity contribution in [3.8, 4) is 5.75 Å². The van der Waals surface area contributed by atoms with Gasteiger partial charge in [0.2, 0.25) is 5.91 Å². The smallest absolute Gasteiger partial charge is 0.255 e. The number of ether oxygens (including phenoxy) is 1. The molecular weight excluding hydrogens is 426 g/mol. The average Bonchev–Trinajstić information content (AvgIpc) is 2.78. The van der Waals surface area contributed by atoms with Crippen molar-refractivity contribution in [1.82, 2.24) is 4.90 Å². The molecule has 0 saturated carbocycles. The summed E-state index contributed by atoms with van der Waals surface area (Å²) in [4.78, 5) is 29.3. The highest BCUT2D eigenvalue weighted by molar-refractivity contribution is 6.31. The minimum Gasteiger partial charge on any atom is -0.494 e. The Morgan fingerprint density at radius 3 is 2.38 bits per heavy atom. The Kier molecular flexibility index (Phi) is 8.39. The van der Waals surface area contributed by atoms with Gasteiger partial charge in [0.1, 0.15) is 5.75 Å². The van der Waals surface area contributed by atoms with Crippen molar-refractivity contribution < 1.29 is 14.3 Å². The number of carbonyl (C=O) groups excluding carboxylic acids is 2. The number of nitrogens with zero attached hydrogens (tertiary/aromatic N) is 2. The Bertz CT molecular complexity index is 923. The third-order valence-corrected chi connectivity index (χ3v) is 5.59. The number of piperazine rings is 1. The molecule has 0 spiro atoms. The van der Waals surface area contributed by atoms with Crippen molar-refractivity contribution in [3.63, 3.8) is 0 Å². The van der Waals surface area contributed by atoms with E-state index in [1.807, 2.05) is 24.0 Å². The maximum atomic E-state index is 12.9. The largest absolute Gasteiger partial charge is 0.494 e. The molecule has 3 rings (SSSR count). The van der Waals surface area contributed by atoms with Gasteiger partial charge in [0.15, 0.2) is 0 Å². The molecule has 1 N–H and O–H groups in total. The molecule has 7 heteroatoms. The van der Waals surface area contributed by atoms with E-state index in [1.165, 1.54) is 0 Å². The zero-order valence-electron chi connectivity index (χ0n) is 19.1. The Morgan fingerprint density at radius 1 is 1.06 bits per heavy atom. The molecule has 1 heterocycles. The highest BCUT2D eigenvalue weighted by Gasteiger charge is 2.23. The fourth-order valence-corrected chi connectivity index (χ4v) is 3.85. The van der Waals surface area contributed by atoms with Gasteiger partial charge in [-0.05, 0) is 54.8 Å². The van der Waals surface area contributed by atoms with Gasteiger partial charge in [-0.3, -0.25) is 9.59 Å². The van der Waals surface area contributed by atoms with Crippen LogP contribution in [0.3, 0.4) is 0 Å². The van der Waals surface area contributed by atoms with E-state index in [0.717, 1.165) is 17.9 Å². The molecule has 2 amide bonds. The average molecular weight is 458 g/mol. The van der Waals surface area contributed by atoms with Crippen LogP contribution in [-0.4, -0.2) is 49.5 Å². The number of anilines is 2. The van der Waals surface area contributed by atoms with Gasteiger partial charge in [0.25, 0.3) is 5.91 Å². The number of amides is 2. The normalized spacial score (nSPS) is 13.9. The number of hydrogen-bond acceptors (Lipinski definition) is 4. The van der Waals surface area contributed by atoms with Gasteiger partial charge in [-0.15, -0.1) is 0 Å². The summed E-state index contributed by atoms with van der Waals surface area (Å²) in [7, 11) is 0. The number of hydrogen-bond donors (Lipinski definition) is 1. The summed E-state index contributed by atoms with van der Waals surface area (Å²) in [5.74, 6) is 1.10. The number of benzene rings is 2. The molecule has 0 unspecified atom stereocenters. The van der Waals surface area contributed by atoms with Gasteiger partial charge in [-0.1, -0.05) is 32.4 Å². The third kappa shape index (κ3) is 6.39. The van der Waals surface area contributed by atoms with E-state index in [0.29, 0.717) is 61.4 Å². The molecule has 1 aliphatic heterocycles. The number of rotatable bonds is 8. The van der Waals surface area contributed by atoms with Crippen LogP contribution in [0.15, 0.2) is 42.5 Å². The van der Waals surface area contributed by atoms with Crippen LogP contribution in [0.25, 0.3) is 0 Å². The molecule has 2 aromatic rings. The monoisotopic (exact) mass is 457 g/mol. The molecule has 1 aliphatic rings. The summed E-state index contributed by atoms with van der Waals surface area (Å²) in [6, 6.07) is 12.6. The summed E-state index contributed by atoms with van der Waals surface area (Å²) >= 11 is 6.23. The SMILES string of the molecule is CCCOc1ccc(C(=O)Nc2cc(Cl)ccc2N2CCN(C(=O)CC(C)C)CC2)cc1. The first-order valence-corrected chi connectivity index (χ1v) is 11.6. The Labute approximate surface area is 195 Å². The molecule has 1 saturated heterocycles. The predicted molar refractivity (Wildman–Crippen MR) is 130 cm³/mol. The molecule has 0 radical (unpaired) electrons. The Balaban J connectivity index is 1.68. The molecule has 0 bridgehead atoms. The van der Waals surface area contributed by atoms with Crippen molar-refractivity contribution >= 4 is 34.8 Å². The van der Waals surface area contributed by atoms with E-state index in [1.54, 1.807) is 30.3 Å². The first-order chi connectivity index (χ1) is 15.4. The van der Waals surface area contributed by atoms with Crippen LogP contribution in [0.2, 0.25) is 5.02 Å². The van der Waals surface area contributed by atoms with Gasteiger partial charge in [-0.25, -0.2) is 0 Å². The van der Waals surface area contributed by atoms with E-state index in [4.69, 9.17) is 16.3 Å². The first kappa shape index (κ1) is 23.9. The number of nitrogens with one attached hydrogen (secondary N) is 1. The van der Waals surface area contributed by atoms with Gasteiger partial charge in [0.05, 0.1) is 18.0 Å². The lowest BCUT2D eigenvalue weighted by Gasteiger charge is -2.37. The van der Waals surface area contributed by atoms with Gasteiger partial charge < -0.3 is 19.9 Å². The molecular formula is C25H32ClN3O3. The predicted octanol–water partition coefficient (Wildman–Crippen LogP) is 5.08. The topological polar surface area (TPSA) is 61.9 Å². The second kappa shape index (κ2) is 11.2.